The van der Waals surface area contributed by atoms with Crippen LogP contribution in [0.25, 0.3) is 0 Å². The summed E-state index contributed by atoms with van der Waals surface area (Å²) < 4.78 is 33.0. The highest BCUT2D eigenvalue weighted by Crippen LogP contribution is 2.24. The summed E-state index contributed by atoms with van der Waals surface area (Å²) in [6, 6.07) is 0. The number of anilines is 1. The van der Waals surface area contributed by atoms with Gasteiger partial charge in [0.15, 0.2) is 10.8 Å². The highest BCUT2D eigenvalue weighted by atomic mass is 32.2. The van der Waals surface area contributed by atoms with E-state index in [0.29, 0.717) is 25.9 Å². The van der Waals surface area contributed by atoms with E-state index in [4.69, 9.17) is 10.5 Å². The van der Waals surface area contributed by atoms with Crippen molar-refractivity contribution >= 4 is 15.8 Å². The molecule has 0 bridgehead atoms. The van der Waals surface area contributed by atoms with E-state index in [9.17, 15) is 8.42 Å². The Morgan fingerprint density at radius 2 is 2.06 bits per heavy atom. The van der Waals surface area contributed by atoms with Crippen LogP contribution in [0.2, 0.25) is 0 Å². The van der Waals surface area contributed by atoms with Gasteiger partial charge in [0.1, 0.15) is 0 Å². The summed E-state index contributed by atoms with van der Waals surface area (Å²) in [5.74, 6) is 0.0476. The van der Waals surface area contributed by atoms with Crippen LogP contribution < -0.4 is 5.73 Å². The van der Waals surface area contributed by atoms with Gasteiger partial charge in [0.25, 0.3) is 10.0 Å². The Balaban J connectivity index is 2.23. The Morgan fingerprint density at radius 1 is 1.44 bits per heavy atom. The summed E-state index contributed by atoms with van der Waals surface area (Å²) in [4.78, 5) is 3.82. The number of piperidine rings is 1. The number of sulfonamides is 1. The Labute approximate surface area is 107 Å². The minimum absolute atomic E-state index is 0.0476. The number of nitrogens with zero attached hydrogens (tertiary/aromatic N) is 3. The van der Waals surface area contributed by atoms with Gasteiger partial charge >= 0.3 is 0 Å². The first-order valence-corrected chi connectivity index (χ1v) is 7.20. The maximum Gasteiger partial charge on any atom is 0.262 e. The molecule has 0 saturated carbocycles. The van der Waals surface area contributed by atoms with Gasteiger partial charge in [0.05, 0.1) is 12.4 Å². The zero-order valence-corrected chi connectivity index (χ0v) is 11.4. The second-order valence-corrected chi connectivity index (χ2v) is 6.24. The average molecular weight is 274 g/mol. The first-order valence-electron chi connectivity index (χ1n) is 5.76. The molecule has 0 aliphatic carbocycles. The number of imidazole rings is 1. The standard InChI is InChI=1S/C10H18N4O3S/c1-13-7-12-9(11)10(13)18(15,16)14-5-3-8(17-2)4-6-14/h7-8H,3-6,11H2,1-2H3. The molecule has 0 atom stereocenters. The van der Waals surface area contributed by atoms with E-state index >= 15 is 0 Å². The van der Waals surface area contributed by atoms with Gasteiger partial charge in [-0.3, -0.25) is 0 Å². The predicted octanol–water partition coefficient (Wildman–Crippen LogP) is -0.198. The molecule has 2 rings (SSSR count). The maximum absolute atomic E-state index is 12.4. The SMILES string of the molecule is COC1CCN(S(=O)(=O)c2c(N)ncn2C)CC1. The fourth-order valence-electron chi connectivity index (χ4n) is 2.18. The van der Waals surface area contributed by atoms with Crippen LogP contribution in [0.4, 0.5) is 5.82 Å². The molecule has 0 aromatic carbocycles. The molecule has 8 heteroatoms. The van der Waals surface area contributed by atoms with Crippen LogP contribution in [-0.2, 0) is 21.8 Å². The molecule has 1 aromatic rings. The van der Waals surface area contributed by atoms with Crippen molar-refractivity contribution in [2.75, 3.05) is 25.9 Å². The molecule has 18 heavy (non-hydrogen) atoms. The van der Waals surface area contributed by atoms with Gasteiger partial charge in [0.2, 0.25) is 0 Å². The zero-order valence-electron chi connectivity index (χ0n) is 10.5. The van der Waals surface area contributed by atoms with Crippen molar-refractivity contribution in [2.45, 2.75) is 24.0 Å². The Bertz CT molecular complexity index is 498. The van der Waals surface area contributed by atoms with Gasteiger partial charge in [-0.05, 0) is 12.8 Å². The third-order valence-electron chi connectivity index (χ3n) is 3.23. The maximum atomic E-state index is 12.4. The lowest BCUT2D eigenvalue weighted by molar-refractivity contribution is 0.0604. The minimum Gasteiger partial charge on any atom is -0.381 e. The second-order valence-electron chi connectivity index (χ2n) is 4.39. The van der Waals surface area contributed by atoms with Crippen LogP contribution in [0.3, 0.4) is 0 Å². The molecule has 2 N–H and O–H groups in total. The Kier molecular flexibility index (Phi) is 3.60. The van der Waals surface area contributed by atoms with Crippen molar-refractivity contribution < 1.29 is 13.2 Å². The van der Waals surface area contributed by atoms with Crippen molar-refractivity contribution in [1.82, 2.24) is 13.9 Å². The number of aryl methyl sites for hydroxylation is 1. The third kappa shape index (κ3) is 2.23. The van der Waals surface area contributed by atoms with Gasteiger partial charge in [-0.15, -0.1) is 0 Å². The van der Waals surface area contributed by atoms with Crippen LogP contribution >= 0.6 is 0 Å². The number of rotatable bonds is 3. The van der Waals surface area contributed by atoms with Crippen LogP contribution in [-0.4, -0.2) is 48.6 Å². The van der Waals surface area contributed by atoms with E-state index in [-0.39, 0.29) is 16.9 Å². The number of methoxy groups -OCH3 is 1. The second kappa shape index (κ2) is 4.87. The van der Waals surface area contributed by atoms with Crippen LogP contribution in [0.15, 0.2) is 11.4 Å². The molecule has 0 amide bonds. The van der Waals surface area contributed by atoms with E-state index in [1.54, 1.807) is 14.2 Å². The molecule has 1 aromatic heterocycles. The summed E-state index contributed by atoms with van der Waals surface area (Å²) in [6.07, 6.45) is 2.95. The van der Waals surface area contributed by atoms with Gasteiger partial charge in [-0.2, -0.15) is 4.31 Å². The molecule has 0 radical (unpaired) electrons. The fraction of sp³-hybridized carbons (Fsp3) is 0.700. The van der Waals surface area contributed by atoms with Crippen molar-refractivity contribution in [2.24, 2.45) is 7.05 Å². The lowest BCUT2D eigenvalue weighted by Crippen LogP contribution is -2.41. The van der Waals surface area contributed by atoms with Crippen molar-refractivity contribution in [1.29, 1.82) is 0 Å². The number of aromatic nitrogens is 2. The monoisotopic (exact) mass is 274 g/mol. The molecular formula is C10H18N4O3S. The highest BCUT2D eigenvalue weighted by Gasteiger charge is 2.33. The highest BCUT2D eigenvalue weighted by molar-refractivity contribution is 7.89. The lowest BCUT2D eigenvalue weighted by atomic mass is 10.1. The minimum atomic E-state index is -3.56. The zero-order chi connectivity index (χ0) is 13.3. The molecule has 7 nitrogen and oxygen atoms in total. The van der Waals surface area contributed by atoms with Crippen LogP contribution in [0.5, 0.6) is 0 Å². The fourth-order valence-corrected chi connectivity index (χ4v) is 3.85. The number of nitrogens with two attached hydrogens (primary N) is 1. The third-order valence-corrected chi connectivity index (χ3v) is 5.26. The molecular weight excluding hydrogens is 256 g/mol. The summed E-state index contributed by atoms with van der Waals surface area (Å²) in [6.45, 7) is 0.900. The number of nitrogen functional groups attached to an aromatic ring is 1. The first kappa shape index (κ1) is 13.3. The number of hydrogen-bond donors (Lipinski definition) is 1. The van der Waals surface area contributed by atoms with Crippen LogP contribution in [0.1, 0.15) is 12.8 Å². The molecule has 0 unspecified atom stereocenters. The van der Waals surface area contributed by atoms with Crippen molar-refractivity contribution in [3.63, 3.8) is 0 Å². The molecule has 1 aliphatic rings. The lowest BCUT2D eigenvalue weighted by Gasteiger charge is -2.30. The largest absolute Gasteiger partial charge is 0.381 e. The Hall–Kier alpha value is -1.12. The molecule has 1 aliphatic heterocycles. The van der Waals surface area contributed by atoms with Gasteiger partial charge < -0.3 is 15.0 Å². The smallest absolute Gasteiger partial charge is 0.262 e. The average Bonchev–Trinajstić information content (AvgIpc) is 2.69. The molecule has 1 saturated heterocycles. The van der Waals surface area contributed by atoms with E-state index in [1.807, 2.05) is 0 Å². The van der Waals surface area contributed by atoms with E-state index in [1.165, 1.54) is 15.2 Å². The summed E-state index contributed by atoms with van der Waals surface area (Å²) in [5.41, 5.74) is 5.63. The normalized spacial score (nSPS) is 19.2. The van der Waals surface area contributed by atoms with Crippen LogP contribution in [0, 0.1) is 0 Å². The molecule has 102 valence electrons. The van der Waals surface area contributed by atoms with E-state index < -0.39 is 10.0 Å². The Morgan fingerprint density at radius 3 is 2.50 bits per heavy atom. The number of ether oxygens (including phenoxy) is 1. The van der Waals surface area contributed by atoms with Crippen molar-refractivity contribution in [3.8, 4) is 0 Å². The molecule has 1 fully saturated rings. The predicted molar refractivity (Wildman–Crippen MR) is 66.4 cm³/mol. The summed E-state index contributed by atoms with van der Waals surface area (Å²) in [7, 11) is -0.289. The molecule has 2 heterocycles. The summed E-state index contributed by atoms with van der Waals surface area (Å²) >= 11 is 0. The van der Waals surface area contributed by atoms with Gasteiger partial charge in [-0.25, -0.2) is 13.4 Å². The van der Waals surface area contributed by atoms with Gasteiger partial charge in [0, 0.05) is 27.2 Å². The topological polar surface area (TPSA) is 90.4 Å². The molecule has 0 spiro atoms. The summed E-state index contributed by atoms with van der Waals surface area (Å²) in [5, 5.41) is 0.0679. The van der Waals surface area contributed by atoms with E-state index in [0.717, 1.165) is 0 Å². The first-order chi connectivity index (χ1) is 8.46. The van der Waals surface area contributed by atoms with Crippen molar-refractivity contribution in [3.05, 3.63) is 6.33 Å². The van der Waals surface area contributed by atoms with Gasteiger partial charge in [-0.1, -0.05) is 0 Å². The number of hydrogen-bond acceptors (Lipinski definition) is 5. The quantitative estimate of drug-likeness (QED) is 0.824. The van der Waals surface area contributed by atoms with E-state index in [2.05, 4.69) is 4.98 Å².